The van der Waals surface area contributed by atoms with Gasteiger partial charge in [-0.2, -0.15) is 0 Å². The van der Waals surface area contributed by atoms with E-state index in [1.54, 1.807) is 24.6 Å². The highest BCUT2D eigenvalue weighted by atomic mass is 32.1. The van der Waals surface area contributed by atoms with Crippen molar-refractivity contribution in [3.63, 3.8) is 0 Å². The number of piperidine rings is 1. The zero-order chi connectivity index (χ0) is 20.1. The molecule has 0 bridgehead atoms. The molecule has 0 saturated carbocycles. The molecule has 1 aliphatic rings. The first-order valence-electron chi connectivity index (χ1n) is 8.85. The number of aromatic nitrogens is 1. The number of carbonyl (C=O) groups is 3. The van der Waals surface area contributed by atoms with Crippen molar-refractivity contribution in [2.75, 3.05) is 20.3 Å². The van der Waals surface area contributed by atoms with Crippen LogP contribution < -0.4 is 10.5 Å². The summed E-state index contributed by atoms with van der Waals surface area (Å²) in [6.45, 7) is -0.0136. The van der Waals surface area contributed by atoms with E-state index in [0.717, 1.165) is 24.2 Å². The van der Waals surface area contributed by atoms with E-state index in [9.17, 15) is 14.4 Å². The lowest BCUT2D eigenvalue weighted by Gasteiger charge is -2.33. The van der Waals surface area contributed by atoms with Crippen LogP contribution in [0.25, 0.3) is 10.6 Å². The Labute approximate surface area is 166 Å². The summed E-state index contributed by atoms with van der Waals surface area (Å²) in [5.74, 6) is -0.923. The Hall–Kier alpha value is -2.94. The second-order valence-electron chi connectivity index (χ2n) is 6.34. The first kappa shape index (κ1) is 19.8. The van der Waals surface area contributed by atoms with E-state index in [1.807, 2.05) is 12.1 Å². The van der Waals surface area contributed by atoms with Gasteiger partial charge in [-0.1, -0.05) is 0 Å². The molecule has 0 radical (unpaired) electrons. The van der Waals surface area contributed by atoms with Crippen LogP contribution in [-0.2, 0) is 14.3 Å². The fraction of sp³-hybridized carbons (Fsp3) is 0.368. The third-order valence-electron chi connectivity index (χ3n) is 4.53. The Morgan fingerprint density at radius 1 is 1.25 bits per heavy atom. The second-order valence-corrected chi connectivity index (χ2v) is 7.20. The summed E-state index contributed by atoms with van der Waals surface area (Å²) in [7, 11) is 1.59. The van der Waals surface area contributed by atoms with Crippen LogP contribution in [0, 0.1) is 0 Å². The molecular formula is C19H21N3O5S. The molecule has 2 amide bonds. The lowest BCUT2D eigenvalue weighted by atomic mass is 10.0. The van der Waals surface area contributed by atoms with Crippen LogP contribution in [0.3, 0.4) is 0 Å². The van der Waals surface area contributed by atoms with Crippen molar-refractivity contribution in [2.24, 2.45) is 5.73 Å². The highest BCUT2D eigenvalue weighted by Gasteiger charge is 2.31. The number of carbonyl (C=O) groups excluding carboxylic acids is 3. The van der Waals surface area contributed by atoms with E-state index in [2.05, 4.69) is 4.98 Å². The molecule has 0 spiro atoms. The zero-order valence-corrected chi connectivity index (χ0v) is 16.2. The van der Waals surface area contributed by atoms with Gasteiger partial charge in [0.05, 0.1) is 7.11 Å². The van der Waals surface area contributed by atoms with Gasteiger partial charge < -0.3 is 20.1 Å². The molecular weight excluding hydrogens is 382 g/mol. The van der Waals surface area contributed by atoms with Crippen molar-refractivity contribution in [1.29, 1.82) is 0 Å². The van der Waals surface area contributed by atoms with Crippen molar-refractivity contribution in [2.45, 2.75) is 25.3 Å². The number of hydrogen-bond donors (Lipinski definition) is 1. The Kier molecular flexibility index (Phi) is 6.25. The average molecular weight is 403 g/mol. The molecule has 1 aliphatic heterocycles. The maximum atomic E-state index is 12.3. The quantitative estimate of drug-likeness (QED) is 0.737. The van der Waals surface area contributed by atoms with Crippen molar-refractivity contribution in [3.05, 3.63) is 35.3 Å². The molecule has 28 heavy (non-hydrogen) atoms. The summed E-state index contributed by atoms with van der Waals surface area (Å²) in [6.07, 6.45) is 2.16. The minimum absolute atomic E-state index is 0.133. The Morgan fingerprint density at radius 2 is 2.00 bits per heavy atom. The van der Waals surface area contributed by atoms with E-state index in [1.165, 1.54) is 16.2 Å². The van der Waals surface area contributed by atoms with Gasteiger partial charge in [0.2, 0.25) is 5.91 Å². The second kappa shape index (κ2) is 8.83. The first-order valence-corrected chi connectivity index (χ1v) is 9.73. The highest BCUT2D eigenvalue weighted by Crippen LogP contribution is 2.26. The van der Waals surface area contributed by atoms with E-state index >= 15 is 0 Å². The monoisotopic (exact) mass is 403 g/mol. The predicted octanol–water partition coefficient (Wildman–Crippen LogP) is 1.84. The third kappa shape index (κ3) is 4.48. The number of hydrogen-bond acceptors (Lipinski definition) is 7. The fourth-order valence-corrected chi connectivity index (χ4v) is 3.84. The lowest BCUT2D eigenvalue weighted by molar-refractivity contribution is -0.143. The van der Waals surface area contributed by atoms with Crippen molar-refractivity contribution in [1.82, 2.24) is 9.88 Å². The molecule has 1 atom stereocenters. The molecule has 1 saturated heterocycles. The average Bonchev–Trinajstić information content (AvgIpc) is 3.22. The normalized spacial score (nSPS) is 16.5. The number of nitrogens with zero attached hydrogens (tertiary/aromatic N) is 2. The number of benzene rings is 1. The van der Waals surface area contributed by atoms with Crippen molar-refractivity contribution >= 4 is 29.1 Å². The summed E-state index contributed by atoms with van der Waals surface area (Å²) in [5, 5.41) is 2.24. The first-order chi connectivity index (χ1) is 13.5. The summed E-state index contributed by atoms with van der Waals surface area (Å²) < 4.78 is 10.2. The van der Waals surface area contributed by atoms with Crippen molar-refractivity contribution < 1.29 is 23.9 Å². The maximum Gasteiger partial charge on any atom is 0.358 e. The van der Waals surface area contributed by atoms with Crippen LogP contribution in [0.2, 0.25) is 0 Å². The molecule has 3 rings (SSSR count). The fourth-order valence-electron chi connectivity index (χ4n) is 3.04. The van der Waals surface area contributed by atoms with E-state index in [-0.39, 0.29) is 5.69 Å². The number of thiazole rings is 1. The van der Waals surface area contributed by atoms with Gasteiger partial charge in [-0.25, -0.2) is 9.78 Å². The number of nitrogens with two attached hydrogens (primary N) is 1. The molecule has 0 unspecified atom stereocenters. The van der Waals surface area contributed by atoms with Crippen LogP contribution in [0.4, 0.5) is 0 Å². The molecule has 2 aromatic rings. The minimum Gasteiger partial charge on any atom is -0.497 e. The Morgan fingerprint density at radius 3 is 2.68 bits per heavy atom. The van der Waals surface area contributed by atoms with Crippen molar-refractivity contribution in [3.8, 4) is 16.3 Å². The topological polar surface area (TPSA) is 112 Å². The molecule has 1 aromatic carbocycles. The van der Waals surface area contributed by atoms with Crippen LogP contribution in [-0.4, -0.2) is 54.0 Å². The molecule has 2 heterocycles. The molecule has 9 heteroatoms. The summed E-state index contributed by atoms with van der Waals surface area (Å²) in [4.78, 5) is 41.8. The number of ether oxygens (including phenoxy) is 2. The zero-order valence-electron chi connectivity index (χ0n) is 15.4. The van der Waals surface area contributed by atoms with Gasteiger partial charge in [0, 0.05) is 17.5 Å². The summed E-state index contributed by atoms with van der Waals surface area (Å²) in [5.41, 5.74) is 6.34. The number of methoxy groups -OCH3 is 1. The van der Waals surface area contributed by atoms with Gasteiger partial charge in [0.1, 0.15) is 16.8 Å². The predicted molar refractivity (Wildman–Crippen MR) is 103 cm³/mol. The van der Waals surface area contributed by atoms with Gasteiger partial charge in [0.15, 0.2) is 12.3 Å². The van der Waals surface area contributed by atoms with Gasteiger partial charge in [-0.05, 0) is 43.5 Å². The molecule has 148 valence electrons. The molecule has 2 N–H and O–H groups in total. The lowest BCUT2D eigenvalue weighted by Crippen LogP contribution is -2.51. The number of amides is 2. The Balaban J connectivity index is 1.59. The smallest absolute Gasteiger partial charge is 0.358 e. The van der Waals surface area contributed by atoms with Gasteiger partial charge in [0.25, 0.3) is 5.91 Å². The summed E-state index contributed by atoms with van der Waals surface area (Å²) >= 11 is 1.30. The van der Waals surface area contributed by atoms with Gasteiger partial charge in [-0.3, -0.25) is 9.59 Å². The van der Waals surface area contributed by atoms with E-state index in [0.29, 0.717) is 18.0 Å². The molecule has 1 aromatic heterocycles. The van der Waals surface area contributed by atoms with Crippen LogP contribution in [0.5, 0.6) is 5.75 Å². The summed E-state index contributed by atoms with van der Waals surface area (Å²) in [6, 6.07) is 6.66. The molecule has 0 aliphatic carbocycles. The van der Waals surface area contributed by atoms with Crippen LogP contribution in [0.15, 0.2) is 29.6 Å². The number of likely N-dealkylation sites (tertiary alicyclic amines) is 1. The van der Waals surface area contributed by atoms with Gasteiger partial charge >= 0.3 is 5.97 Å². The minimum atomic E-state index is -0.683. The number of primary amides is 1. The largest absolute Gasteiger partial charge is 0.497 e. The van der Waals surface area contributed by atoms with Gasteiger partial charge in [-0.15, -0.1) is 11.3 Å². The molecule has 1 fully saturated rings. The molecule has 8 nitrogen and oxygen atoms in total. The van der Waals surface area contributed by atoms with E-state index < -0.39 is 30.4 Å². The van der Waals surface area contributed by atoms with Crippen LogP contribution >= 0.6 is 11.3 Å². The highest BCUT2D eigenvalue weighted by molar-refractivity contribution is 7.13. The Bertz CT molecular complexity index is 865. The number of esters is 1. The van der Waals surface area contributed by atoms with Crippen LogP contribution in [0.1, 0.15) is 29.8 Å². The SMILES string of the molecule is COc1ccc(-c2nc(C(=O)OCC(=O)N3CCCC[C@@H]3C(N)=O)cs2)cc1. The standard InChI is InChI=1S/C19H21N3O5S/c1-26-13-7-5-12(6-8-13)18-21-14(11-28-18)19(25)27-10-16(23)22-9-3-2-4-15(22)17(20)24/h5-8,11,15H,2-4,9-10H2,1H3,(H2,20,24)/t15-/m1/s1. The van der Waals surface area contributed by atoms with E-state index in [4.69, 9.17) is 15.2 Å². The third-order valence-corrected chi connectivity index (χ3v) is 5.42. The number of rotatable bonds is 6. The maximum absolute atomic E-state index is 12.3.